The molecule has 3 amide bonds. The van der Waals surface area contributed by atoms with Crippen LogP contribution in [-0.2, 0) is 30.8 Å². The minimum absolute atomic E-state index is 0.0993. The van der Waals surface area contributed by atoms with Crippen molar-refractivity contribution in [2.45, 2.75) is 51.0 Å². The fourth-order valence-corrected chi connectivity index (χ4v) is 8.32. The minimum Gasteiger partial charge on any atom is -0.493 e. The zero-order valence-corrected chi connectivity index (χ0v) is 33.4. The van der Waals surface area contributed by atoms with Crippen LogP contribution in [0.2, 0.25) is 0 Å². The van der Waals surface area contributed by atoms with Crippen molar-refractivity contribution in [3.63, 3.8) is 0 Å². The molecule has 0 unspecified atom stereocenters. The topological polar surface area (TPSA) is 131 Å². The van der Waals surface area contributed by atoms with E-state index in [1.54, 1.807) is 34.1 Å². The van der Waals surface area contributed by atoms with Gasteiger partial charge >= 0.3 is 0 Å². The molecule has 4 aliphatic rings. The summed E-state index contributed by atoms with van der Waals surface area (Å²) < 4.78 is 24.2. The normalized spacial score (nSPS) is 16.9. The molecule has 0 aliphatic carbocycles. The van der Waals surface area contributed by atoms with E-state index in [1.807, 2.05) is 79.2 Å². The van der Waals surface area contributed by atoms with E-state index in [4.69, 9.17) is 28.9 Å². The van der Waals surface area contributed by atoms with Gasteiger partial charge in [0.15, 0.2) is 23.0 Å². The van der Waals surface area contributed by atoms with Crippen molar-refractivity contribution in [1.82, 2.24) is 0 Å². The number of fused-ring (bicyclic) bond motifs is 8. The number of para-hydroxylation sites is 2. The van der Waals surface area contributed by atoms with E-state index in [9.17, 15) is 14.4 Å². The number of hydrogen-bond donors (Lipinski definition) is 2. The Morgan fingerprint density at radius 1 is 0.695 bits per heavy atom. The third-order valence-corrected chi connectivity index (χ3v) is 11.3. The van der Waals surface area contributed by atoms with Crippen molar-refractivity contribution in [3.8, 4) is 23.0 Å². The number of nitrogens with zero attached hydrogens (tertiary/aromatic N) is 4. The van der Waals surface area contributed by atoms with Crippen molar-refractivity contribution in [1.29, 1.82) is 0 Å². The highest BCUT2D eigenvalue weighted by Gasteiger charge is 2.38. The van der Waals surface area contributed by atoms with Crippen molar-refractivity contribution in [2.75, 3.05) is 35.1 Å². The Balaban J connectivity index is 0.968. The molecule has 0 aromatic heterocycles. The van der Waals surface area contributed by atoms with Crippen LogP contribution in [0.1, 0.15) is 55.8 Å². The Bertz CT molecular complexity index is 2410. The molecule has 4 aliphatic heterocycles. The van der Waals surface area contributed by atoms with E-state index in [2.05, 4.69) is 17.9 Å². The molecule has 4 heterocycles. The number of benzene rings is 5. The number of ether oxygens (including phenoxy) is 4. The molecule has 59 heavy (non-hydrogen) atoms. The van der Waals surface area contributed by atoms with Gasteiger partial charge in [0.1, 0.15) is 13.2 Å². The third-order valence-electron chi connectivity index (χ3n) is 10.9. The predicted molar refractivity (Wildman–Crippen MR) is 231 cm³/mol. The van der Waals surface area contributed by atoms with E-state index in [0.717, 1.165) is 33.6 Å². The van der Waals surface area contributed by atoms with Gasteiger partial charge in [-0.25, -0.2) is 0 Å². The molecule has 12 nitrogen and oxygen atoms in total. The van der Waals surface area contributed by atoms with Crippen LogP contribution in [0.3, 0.4) is 0 Å². The van der Waals surface area contributed by atoms with E-state index >= 15 is 0 Å². The predicted octanol–water partition coefficient (Wildman–Crippen LogP) is 8.09. The van der Waals surface area contributed by atoms with Crippen LogP contribution in [0.15, 0.2) is 101 Å². The summed E-state index contributed by atoms with van der Waals surface area (Å²) >= 11 is 4.26. The molecule has 9 rings (SSSR count). The van der Waals surface area contributed by atoms with Gasteiger partial charge in [-0.05, 0) is 76.9 Å². The van der Waals surface area contributed by atoms with Crippen LogP contribution in [0, 0.1) is 0 Å². The highest BCUT2D eigenvalue weighted by Crippen LogP contribution is 2.43. The molecule has 0 saturated carbocycles. The first kappa shape index (κ1) is 37.9. The summed E-state index contributed by atoms with van der Waals surface area (Å²) in [6, 6.07) is 27.9. The van der Waals surface area contributed by atoms with Gasteiger partial charge in [-0.2, -0.15) is 12.6 Å². The van der Waals surface area contributed by atoms with Crippen molar-refractivity contribution >= 4 is 71.2 Å². The Hall–Kier alpha value is -6.60. The van der Waals surface area contributed by atoms with Crippen LogP contribution in [0.5, 0.6) is 23.0 Å². The van der Waals surface area contributed by atoms with E-state index in [1.165, 1.54) is 14.2 Å². The summed E-state index contributed by atoms with van der Waals surface area (Å²) in [7, 11) is 3.06. The maximum absolute atomic E-state index is 13.9. The number of aliphatic imine (C=N–C) groups is 2. The lowest BCUT2D eigenvalue weighted by Crippen LogP contribution is -2.37. The minimum atomic E-state index is -0.189. The number of carbonyl (C=O) groups excluding carboxylic acids is 3. The molecule has 0 spiro atoms. The van der Waals surface area contributed by atoms with Gasteiger partial charge in [-0.15, -0.1) is 0 Å². The molecular formula is C46H41N5O7S. The number of carbonyl (C=O) groups is 3. The average Bonchev–Trinajstić information content (AvgIpc) is 3.75. The second-order valence-corrected chi connectivity index (χ2v) is 15.2. The molecule has 0 bridgehead atoms. The number of hydrogen-bond acceptors (Lipinski definition) is 10. The largest absolute Gasteiger partial charge is 0.493 e. The lowest BCUT2D eigenvalue weighted by molar-refractivity contribution is -0.116. The Morgan fingerprint density at radius 3 is 1.66 bits per heavy atom. The fraction of sp³-hybridized carbons (Fsp3) is 0.239. The zero-order valence-electron chi connectivity index (χ0n) is 32.5. The molecule has 1 N–H and O–H groups in total. The van der Waals surface area contributed by atoms with Gasteiger partial charge in [0.05, 0.1) is 48.8 Å². The molecule has 13 heteroatoms. The summed E-state index contributed by atoms with van der Waals surface area (Å²) in [6.07, 6.45) is 5.97. The molecule has 0 fully saturated rings. The molecule has 5 aromatic carbocycles. The first-order valence-corrected chi connectivity index (χ1v) is 20.1. The summed E-state index contributed by atoms with van der Waals surface area (Å²) in [5.41, 5.74) is 7.86. The standard InChI is InChI=1S/C46H41N5O7S/c1-55-40-19-34-36(47-23-32-17-29-8-3-5-10-38(29)50(32)45(34)53)21-42(40)57-25-27-14-28(16-31(15-27)49-44(52)12-7-13-59)26-58-43-22-37-35(20-41(43)56-2)46(54)51-33(24-48-37)18-30-9-4-6-11-39(30)51/h3-6,8-11,14-16,19-24,32-33,59H,7,12-13,17-18,25-26H2,1-2H3,(H,49,52)/t32-,33-/m0/s1. The molecular weight excluding hydrogens is 767 g/mol. The lowest BCUT2D eigenvalue weighted by atomic mass is 10.1. The number of nitrogens with one attached hydrogen (secondary N) is 1. The fourth-order valence-electron chi connectivity index (χ4n) is 8.16. The lowest BCUT2D eigenvalue weighted by Gasteiger charge is -2.22. The van der Waals surface area contributed by atoms with Crippen LogP contribution in [0.25, 0.3) is 0 Å². The second kappa shape index (κ2) is 16.0. The highest BCUT2D eigenvalue weighted by atomic mass is 32.1. The Kier molecular flexibility index (Phi) is 10.3. The van der Waals surface area contributed by atoms with Crippen LogP contribution >= 0.6 is 12.6 Å². The van der Waals surface area contributed by atoms with E-state index in [-0.39, 0.29) is 43.0 Å². The first-order chi connectivity index (χ1) is 28.8. The van der Waals surface area contributed by atoms with Gasteiger partial charge in [-0.3, -0.25) is 34.2 Å². The number of rotatable bonds is 12. The number of thiol groups is 1. The van der Waals surface area contributed by atoms with Crippen LogP contribution < -0.4 is 34.1 Å². The van der Waals surface area contributed by atoms with Crippen LogP contribution in [-0.4, -0.2) is 62.2 Å². The number of anilines is 3. The average molecular weight is 808 g/mol. The van der Waals surface area contributed by atoms with E-state index in [0.29, 0.717) is 82.6 Å². The van der Waals surface area contributed by atoms with Crippen molar-refractivity contribution in [2.24, 2.45) is 9.98 Å². The third kappa shape index (κ3) is 7.26. The molecule has 5 aromatic rings. The summed E-state index contributed by atoms with van der Waals surface area (Å²) in [4.78, 5) is 53.7. The molecule has 298 valence electrons. The van der Waals surface area contributed by atoms with Gasteiger partial charge in [0, 0.05) is 60.9 Å². The van der Waals surface area contributed by atoms with E-state index < -0.39 is 0 Å². The quantitative estimate of drug-likeness (QED) is 0.122. The molecule has 0 radical (unpaired) electrons. The monoisotopic (exact) mass is 807 g/mol. The summed E-state index contributed by atoms with van der Waals surface area (Å²) in [5.74, 6) is 1.74. The number of methoxy groups -OCH3 is 2. The van der Waals surface area contributed by atoms with Crippen molar-refractivity contribution < 1.29 is 33.3 Å². The zero-order chi connectivity index (χ0) is 40.6. The summed E-state index contributed by atoms with van der Waals surface area (Å²) in [5, 5.41) is 3.00. The Morgan fingerprint density at radius 2 is 1.19 bits per heavy atom. The van der Waals surface area contributed by atoms with Crippen LogP contribution in [0.4, 0.5) is 28.4 Å². The van der Waals surface area contributed by atoms with Gasteiger partial charge < -0.3 is 24.3 Å². The van der Waals surface area contributed by atoms with Gasteiger partial charge in [0.2, 0.25) is 5.91 Å². The van der Waals surface area contributed by atoms with Gasteiger partial charge in [-0.1, -0.05) is 36.4 Å². The smallest absolute Gasteiger partial charge is 0.261 e. The molecule has 2 atom stereocenters. The maximum Gasteiger partial charge on any atom is 0.261 e. The maximum atomic E-state index is 13.9. The Labute approximate surface area is 346 Å². The SMILES string of the molecule is COc1cc2c(cc1OCc1cc(COc3cc4c(cc3OC)C(=O)N3c5ccccc5C[C@H]3C=N4)cc(NC(=O)CCCS)c1)N=C[C@@H]1Cc3ccccc3N1C2=O. The molecule has 0 saturated heterocycles. The summed E-state index contributed by atoms with van der Waals surface area (Å²) in [6.45, 7) is 0.199. The highest BCUT2D eigenvalue weighted by molar-refractivity contribution is 7.80. The number of amides is 3. The van der Waals surface area contributed by atoms with Gasteiger partial charge in [0.25, 0.3) is 11.8 Å². The van der Waals surface area contributed by atoms with Crippen molar-refractivity contribution in [3.05, 3.63) is 124 Å². The first-order valence-electron chi connectivity index (χ1n) is 19.5. The second-order valence-electron chi connectivity index (χ2n) is 14.7.